The number of halogens is 1. The summed E-state index contributed by atoms with van der Waals surface area (Å²) >= 11 is 3.42. The molecule has 1 saturated heterocycles. The molecule has 2 heterocycles. The first kappa shape index (κ1) is 18.1. The standard InChI is InChI=1S/C18H17BrN4O3/c19-14-5-1-2-6-15(14)23-9-7-13(18(23)26)17(25)21-11-16(24)22-12-4-3-8-20-10-12/h1-6,8,10,13H,7,9,11H2,(H,21,25)(H,22,24). The van der Waals surface area contributed by atoms with Gasteiger partial charge in [0.25, 0.3) is 0 Å². The summed E-state index contributed by atoms with van der Waals surface area (Å²) in [4.78, 5) is 42.3. The average Bonchev–Trinajstić information content (AvgIpc) is 3.02. The summed E-state index contributed by atoms with van der Waals surface area (Å²) in [5, 5.41) is 5.15. The second-order valence-electron chi connectivity index (χ2n) is 5.79. The van der Waals surface area contributed by atoms with Gasteiger partial charge >= 0.3 is 0 Å². The molecule has 1 aromatic carbocycles. The van der Waals surface area contributed by atoms with E-state index in [1.54, 1.807) is 23.2 Å². The molecule has 1 fully saturated rings. The van der Waals surface area contributed by atoms with Crippen LogP contribution in [0.2, 0.25) is 0 Å². The quantitative estimate of drug-likeness (QED) is 0.728. The predicted molar refractivity (Wildman–Crippen MR) is 100 cm³/mol. The monoisotopic (exact) mass is 416 g/mol. The van der Waals surface area contributed by atoms with E-state index in [0.29, 0.717) is 18.7 Å². The highest BCUT2D eigenvalue weighted by molar-refractivity contribution is 9.10. The lowest BCUT2D eigenvalue weighted by Crippen LogP contribution is -2.40. The van der Waals surface area contributed by atoms with Crippen molar-refractivity contribution in [1.29, 1.82) is 0 Å². The minimum Gasteiger partial charge on any atom is -0.346 e. The fraction of sp³-hybridized carbons (Fsp3) is 0.222. The molecule has 3 rings (SSSR count). The first-order chi connectivity index (χ1) is 12.6. The summed E-state index contributed by atoms with van der Waals surface area (Å²) in [6.07, 6.45) is 3.52. The van der Waals surface area contributed by atoms with E-state index in [9.17, 15) is 14.4 Å². The van der Waals surface area contributed by atoms with Crippen LogP contribution in [-0.2, 0) is 14.4 Å². The van der Waals surface area contributed by atoms with E-state index in [1.165, 1.54) is 6.20 Å². The number of anilines is 2. The Morgan fingerprint density at radius 1 is 1.23 bits per heavy atom. The zero-order valence-corrected chi connectivity index (χ0v) is 15.4. The lowest BCUT2D eigenvalue weighted by atomic mass is 10.1. The maximum absolute atomic E-state index is 12.6. The number of nitrogens with one attached hydrogen (secondary N) is 2. The van der Waals surface area contributed by atoms with E-state index in [2.05, 4.69) is 31.5 Å². The molecule has 134 valence electrons. The van der Waals surface area contributed by atoms with Crippen LogP contribution in [0.25, 0.3) is 0 Å². The van der Waals surface area contributed by atoms with Gasteiger partial charge in [0.2, 0.25) is 17.7 Å². The van der Waals surface area contributed by atoms with Crippen LogP contribution in [0.15, 0.2) is 53.3 Å². The highest BCUT2D eigenvalue weighted by Crippen LogP contribution is 2.31. The van der Waals surface area contributed by atoms with E-state index in [1.807, 2.05) is 24.3 Å². The number of pyridine rings is 1. The molecule has 0 radical (unpaired) electrons. The number of nitrogens with zero attached hydrogens (tertiary/aromatic N) is 2. The van der Waals surface area contributed by atoms with Crippen molar-refractivity contribution >= 4 is 45.0 Å². The van der Waals surface area contributed by atoms with Crippen LogP contribution in [0.5, 0.6) is 0 Å². The Balaban J connectivity index is 1.55. The smallest absolute Gasteiger partial charge is 0.243 e. The van der Waals surface area contributed by atoms with Gasteiger partial charge in [-0.25, -0.2) is 0 Å². The van der Waals surface area contributed by atoms with Crippen LogP contribution in [0, 0.1) is 5.92 Å². The van der Waals surface area contributed by atoms with E-state index in [-0.39, 0.29) is 18.4 Å². The molecular weight excluding hydrogens is 400 g/mol. The Kier molecular flexibility index (Phi) is 5.62. The third-order valence-electron chi connectivity index (χ3n) is 4.03. The van der Waals surface area contributed by atoms with Gasteiger partial charge in [0.05, 0.1) is 24.1 Å². The maximum atomic E-state index is 12.6. The van der Waals surface area contributed by atoms with Crippen molar-refractivity contribution in [2.45, 2.75) is 6.42 Å². The van der Waals surface area contributed by atoms with Crippen LogP contribution in [0.1, 0.15) is 6.42 Å². The molecule has 1 aliphatic rings. The molecule has 7 nitrogen and oxygen atoms in total. The number of carbonyl (C=O) groups excluding carboxylic acids is 3. The van der Waals surface area contributed by atoms with Gasteiger partial charge in [-0.1, -0.05) is 12.1 Å². The molecule has 1 atom stereocenters. The summed E-state index contributed by atoms with van der Waals surface area (Å²) in [5.41, 5.74) is 1.28. The normalized spacial score (nSPS) is 16.4. The number of hydrogen-bond donors (Lipinski definition) is 2. The number of aromatic nitrogens is 1. The Morgan fingerprint density at radius 3 is 2.77 bits per heavy atom. The van der Waals surface area contributed by atoms with Crippen LogP contribution in [0.4, 0.5) is 11.4 Å². The highest BCUT2D eigenvalue weighted by atomic mass is 79.9. The SMILES string of the molecule is O=C(CNC(=O)C1CCN(c2ccccc2Br)C1=O)Nc1cccnc1. The van der Waals surface area contributed by atoms with Crippen LogP contribution >= 0.6 is 15.9 Å². The second kappa shape index (κ2) is 8.09. The zero-order chi connectivity index (χ0) is 18.5. The molecule has 2 N–H and O–H groups in total. The van der Waals surface area contributed by atoms with Gasteiger partial charge in [-0.15, -0.1) is 0 Å². The fourth-order valence-corrected chi connectivity index (χ4v) is 3.26. The Bertz CT molecular complexity index is 828. The topological polar surface area (TPSA) is 91.4 Å². The second-order valence-corrected chi connectivity index (χ2v) is 6.64. The summed E-state index contributed by atoms with van der Waals surface area (Å²) in [5.74, 6) is -1.86. The minimum absolute atomic E-state index is 0.202. The summed E-state index contributed by atoms with van der Waals surface area (Å²) in [6, 6.07) is 10.8. The van der Waals surface area contributed by atoms with Crippen molar-refractivity contribution in [1.82, 2.24) is 10.3 Å². The van der Waals surface area contributed by atoms with Crippen molar-refractivity contribution in [2.75, 3.05) is 23.3 Å². The van der Waals surface area contributed by atoms with E-state index >= 15 is 0 Å². The van der Waals surface area contributed by atoms with Crippen molar-refractivity contribution in [2.24, 2.45) is 5.92 Å². The summed E-state index contributed by atoms with van der Waals surface area (Å²) in [6.45, 7) is 0.258. The van der Waals surface area contributed by atoms with Crippen molar-refractivity contribution in [3.8, 4) is 0 Å². The number of hydrogen-bond acceptors (Lipinski definition) is 4. The lowest BCUT2D eigenvalue weighted by Gasteiger charge is -2.18. The summed E-state index contributed by atoms with van der Waals surface area (Å²) in [7, 11) is 0. The number of carbonyl (C=O) groups is 3. The molecule has 0 saturated carbocycles. The molecule has 1 aromatic heterocycles. The number of para-hydroxylation sites is 1. The summed E-state index contributed by atoms with van der Waals surface area (Å²) < 4.78 is 0.797. The molecule has 0 aliphatic carbocycles. The van der Waals surface area contributed by atoms with Gasteiger partial charge in [-0.2, -0.15) is 0 Å². The first-order valence-corrected chi connectivity index (χ1v) is 8.89. The third kappa shape index (κ3) is 4.08. The Hall–Kier alpha value is -2.74. The fourth-order valence-electron chi connectivity index (χ4n) is 2.77. The van der Waals surface area contributed by atoms with Crippen LogP contribution < -0.4 is 15.5 Å². The first-order valence-electron chi connectivity index (χ1n) is 8.10. The third-order valence-corrected chi connectivity index (χ3v) is 4.70. The van der Waals surface area contributed by atoms with Crippen LogP contribution in [0.3, 0.4) is 0 Å². The van der Waals surface area contributed by atoms with Gasteiger partial charge in [-0.3, -0.25) is 19.4 Å². The van der Waals surface area contributed by atoms with Crippen molar-refractivity contribution in [3.05, 3.63) is 53.3 Å². The van der Waals surface area contributed by atoms with Gasteiger partial charge in [0.1, 0.15) is 5.92 Å². The number of rotatable bonds is 5. The van der Waals surface area contributed by atoms with Crippen molar-refractivity contribution in [3.63, 3.8) is 0 Å². The highest BCUT2D eigenvalue weighted by Gasteiger charge is 2.38. The van der Waals surface area contributed by atoms with E-state index < -0.39 is 11.8 Å². The molecule has 2 aromatic rings. The van der Waals surface area contributed by atoms with E-state index in [4.69, 9.17) is 0 Å². The van der Waals surface area contributed by atoms with Gasteiger partial charge in [0.15, 0.2) is 0 Å². The molecule has 8 heteroatoms. The number of amides is 3. The Morgan fingerprint density at radius 2 is 2.04 bits per heavy atom. The molecular formula is C18H17BrN4O3. The van der Waals surface area contributed by atoms with E-state index in [0.717, 1.165) is 10.2 Å². The molecule has 1 unspecified atom stereocenters. The number of benzene rings is 1. The Labute approximate surface area is 158 Å². The molecule has 0 bridgehead atoms. The minimum atomic E-state index is -0.784. The molecule has 1 aliphatic heterocycles. The molecule has 3 amide bonds. The molecule has 26 heavy (non-hydrogen) atoms. The largest absolute Gasteiger partial charge is 0.346 e. The maximum Gasteiger partial charge on any atom is 0.243 e. The average molecular weight is 417 g/mol. The zero-order valence-electron chi connectivity index (χ0n) is 13.8. The van der Waals surface area contributed by atoms with Gasteiger partial charge in [0, 0.05) is 17.2 Å². The molecule has 0 spiro atoms. The van der Waals surface area contributed by atoms with Gasteiger partial charge in [-0.05, 0) is 46.6 Å². The predicted octanol–water partition coefficient (Wildman–Crippen LogP) is 1.95. The van der Waals surface area contributed by atoms with Gasteiger partial charge < -0.3 is 15.5 Å². The van der Waals surface area contributed by atoms with Crippen LogP contribution in [-0.4, -0.2) is 35.8 Å². The van der Waals surface area contributed by atoms with Crippen molar-refractivity contribution < 1.29 is 14.4 Å². The lowest BCUT2D eigenvalue weighted by molar-refractivity contribution is -0.133.